The van der Waals surface area contributed by atoms with Crippen LogP contribution in [0.5, 0.6) is 5.75 Å². The van der Waals surface area contributed by atoms with E-state index in [9.17, 15) is 22.8 Å². The van der Waals surface area contributed by atoms with E-state index >= 15 is 0 Å². The number of rotatable bonds is 12. The van der Waals surface area contributed by atoms with Gasteiger partial charge < -0.3 is 20.0 Å². The normalized spacial score (nSPS) is 12.1. The summed E-state index contributed by atoms with van der Waals surface area (Å²) in [6.45, 7) is 1.50. The van der Waals surface area contributed by atoms with Gasteiger partial charge in [0.15, 0.2) is 9.84 Å². The third-order valence-electron chi connectivity index (χ3n) is 5.35. The number of sulfone groups is 1. The van der Waals surface area contributed by atoms with Crippen molar-refractivity contribution in [2.45, 2.75) is 31.1 Å². The highest BCUT2D eigenvalue weighted by atomic mass is 32.2. The lowest BCUT2D eigenvalue weighted by Crippen LogP contribution is -2.17. The summed E-state index contributed by atoms with van der Waals surface area (Å²) in [6, 6.07) is 13.7. The third kappa shape index (κ3) is 7.10. The molecule has 2 aromatic carbocycles. The molecule has 3 aromatic rings. The number of aromatic nitrogens is 1. The zero-order valence-electron chi connectivity index (χ0n) is 19.1. The molecule has 3 rings (SSSR count). The Hall–Kier alpha value is -3.79. The second-order valence-corrected chi connectivity index (χ2v) is 10.1. The lowest BCUT2D eigenvalue weighted by Gasteiger charge is -2.15. The van der Waals surface area contributed by atoms with Gasteiger partial charge in [0.2, 0.25) is 5.91 Å². The van der Waals surface area contributed by atoms with Gasteiger partial charge in [-0.1, -0.05) is 18.2 Å². The molecule has 0 aliphatic carbocycles. The number of aldehydes is 1. The van der Waals surface area contributed by atoms with Gasteiger partial charge in [-0.15, -0.1) is 0 Å². The van der Waals surface area contributed by atoms with Gasteiger partial charge in [-0.2, -0.15) is 0 Å². The number of carboxylic acids is 1. The second-order valence-electron chi connectivity index (χ2n) is 8.03. The Kier molecular flexibility index (Phi) is 8.53. The van der Waals surface area contributed by atoms with E-state index in [1.165, 1.54) is 25.1 Å². The maximum absolute atomic E-state index is 13.1. The van der Waals surface area contributed by atoms with Gasteiger partial charge in [0.25, 0.3) is 0 Å². The molecule has 1 heterocycles. The molecule has 0 unspecified atom stereocenters. The van der Waals surface area contributed by atoms with Crippen LogP contribution < -0.4 is 10.1 Å². The lowest BCUT2D eigenvalue weighted by molar-refractivity contribution is -0.139. The molecule has 0 fully saturated rings. The maximum atomic E-state index is 13.1. The number of fused-ring (bicyclic) bond motifs is 1. The monoisotopic (exact) mass is 498 g/mol. The number of benzene rings is 2. The van der Waals surface area contributed by atoms with Gasteiger partial charge in [-0.25, -0.2) is 8.42 Å². The standard InChI is InChI=1S/C25H26N2O7S/c1-17(29)27-20-7-8-24(35(32,33)13-10-18(16-28)14-25(30)31)23(15-20)34-12-9-19-4-2-6-22-21(19)5-3-11-26-22/h2-8,11,15-16,18H,9-10,12-14H2,1H3,(H,27,29)(H,30,31)/t18-/m0/s1. The molecular formula is C25H26N2O7S. The zero-order valence-corrected chi connectivity index (χ0v) is 20.0. The number of hydrogen-bond acceptors (Lipinski definition) is 7. The van der Waals surface area contributed by atoms with Gasteiger partial charge in [-0.05, 0) is 36.2 Å². The van der Waals surface area contributed by atoms with Crippen molar-refractivity contribution in [3.63, 3.8) is 0 Å². The first kappa shape index (κ1) is 25.8. The molecule has 0 bridgehead atoms. The molecule has 1 aromatic heterocycles. The molecule has 35 heavy (non-hydrogen) atoms. The van der Waals surface area contributed by atoms with Crippen molar-refractivity contribution >= 4 is 44.6 Å². The van der Waals surface area contributed by atoms with E-state index in [0.717, 1.165) is 16.5 Å². The largest absolute Gasteiger partial charge is 0.492 e. The molecule has 10 heteroatoms. The van der Waals surface area contributed by atoms with E-state index in [1.807, 2.05) is 30.3 Å². The molecular weight excluding hydrogens is 472 g/mol. The summed E-state index contributed by atoms with van der Waals surface area (Å²) in [7, 11) is -3.91. The van der Waals surface area contributed by atoms with Crippen molar-refractivity contribution < 1.29 is 32.6 Å². The van der Waals surface area contributed by atoms with Crippen LogP contribution in [0.4, 0.5) is 5.69 Å². The quantitative estimate of drug-likeness (QED) is 0.363. The molecule has 1 atom stereocenters. The number of nitrogens with one attached hydrogen (secondary N) is 1. The van der Waals surface area contributed by atoms with Crippen molar-refractivity contribution in [3.8, 4) is 5.75 Å². The van der Waals surface area contributed by atoms with E-state index in [1.54, 1.807) is 6.20 Å². The Balaban J connectivity index is 1.82. The van der Waals surface area contributed by atoms with Crippen LogP contribution in [0.1, 0.15) is 25.3 Å². The van der Waals surface area contributed by atoms with Crippen molar-refractivity contribution in [1.82, 2.24) is 4.98 Å². The summed E-state index contributed by atoms with van der Waals surface area (Å²) in [5, 5.41) is 12.5. The minimum absolute atomic E-state index is 0.0653. The first-order valence-electron chi connectivity index (χ1n) is 11.0. The van der Waals surface area contributed by atoms with Crippen LogP contribution in [0, 0.1) is 5.92 Å². The highest BCUT2D eigenvalue weighted by Gasteiger charge is 2.23. The van der Waals surface area contributed by atoms with Crippen molar-refractivity contribution in [2.75, 3.05) is 17.7 Å². The summed E-state index contributed by atoms with van der Waals surface area (Å²) in [6.07, 6.45) is 2.08. The van der Waals surface area contributed by atoms with E-state index in [0.29, 0.717) is 18.4 Å². The van der Waals surface area contributed by atoms with Gasteiger partial charge in [-0.3, -0.25) is 14.6 Å². The SMILES string of the molecule is CC(=O)Nc1ccc(S(=O)(=O)CC[C@H](C=O)CC(=O)O)c(OCCc2cccc3ncccc23)c1. The van der Waals surface area contributed by atoms with E-state index in [4.69, 9.17) is 9.84 Å². The maximum Gasteiger partial charge on any atom is 0.304 e. The van der Waals surface area contributed by atoms with Crippen LogP contribution in [0.15, 0.2) is 59.6 Å². The first-order valence-corrected chi connectivity index (χ1v) is 12.6. The number of carbonyl (C=O) groups is 3. The smallest absolute Gasteiger partial charge is 0.304 e. The number of carboxylic acid groups (broad SMARTS) is 1. The predicted octanol–water partition coefficient (Wildman–Crippen LogP) is 3.27. The Bertz CT molecular complexity index is 1330. The molecule has 0 aliphatic rings. The summed E-state index contributed by atoms with van der Waals surface area (Å²) >= 11 is 0. The number of ether oxygens (including phenoxy) is 1. The van der Waals surface area contributed by atoms with Crippen LogP contribution in [0.3, 0.4) is 0 Å². The number of nitrogens with zero attached hydrogens (tertiary/aromatic N) is 1. The zero-order chi connectivity index (χ0) is 25.4. The van der Waals surface area contributed by atoms with Crippen LogP contribution in [-0.2, 0) is 30.6 Å². The molecule has 1 amide bonds. The fourth-order valence-electron chi connectivity index (χ4n) is 3.67. The van der Waals surface area contributed by atoms with Gasteiger partial charge in [0, 0.05) is 42.6 Å². The Morgan fingerprint density at radius 3 is 2.69 bits per heavy atom. The van der Waals surface area contributed by atoms with Gasteiger partial charge in [0.1, 0.15) is 16.9 Å². The summed E-state index contributed by atoms with van der Waals surface area (Å²) < 4.78 is 32.0. The summed E-state index contributed by atoms with van der Waals surface area (Å²) in [4.78, 5) is 37.8. The molecule has 0 radical (unpaired) electrons. The molecule has 2 N–H and O–H groups in total. The van der Waals surface area contributed by atoms with Crippen molar-refractivity contribution in [3.05, 3.63) is 60.3 Å². The molecule has 0 aliphatic heterocycles. The van der Waals surface area contributed by atoms with Crippen molar-refractivity contribution in [2.24, 2.45) is 5.92 Å². The molecule has 184 valence electrons. The molecule has 0 spiro atoms. The van der Waals surface area contributed by atoms with Crippen molar-refractivity contribution in [1.29, 1.82) is 0 Å². The average Bonchev–Trinajstić information content (AvgIpc) is 2.81. The molecule has 0 saturated heterocycles. The predicted molar refractivity (Wildman–Crippen MR) is 130 cm³/mol. The fourth-order valence-corrected chi connectivity index (χ4v) is 5.21. The van der Waals surface area contributed by atoms with E-state index in [-0.39, 0.29) is 29.6 Å². The fraction of sp³-hybridized carbons (Fsp3) is 0.280. The topological polar surface area (TPSA) is 140 Å². The van der Waals surface area contributed by atoms with Crippen LogP contribution in [0.25, 0.3) is 10.9 Å². The second kappa shape index (κ2) is 11.6. The lowest BCUT2D eigenvalue weighted by atomic mass is 10.1. The van der Waals surface area contributed by atoms with E-state index < -0.39 is 33.9 Å². The molecule has 9 nitrogen and oxygen atoms in total. The average molecular weight is 499 g/mol. The Morgan fingerprint density at radius 2 is 1.97 bits per heavy atom. The number of pyridine rings is 1. The Morgan fingerprint density at radius 1 is 1.17 bits per heavy atom. The van der Waals surface area contributed by atoms with Crippen LogP contribution in [-0.4, -0.2) is 49.0 Å². The third-order valence-corrected chi connectivity index (χ3v) is 7.13. The minimum atomic E-state index is -3.91. The number of anilines is 1. The minimum Gasteiger partial charge on any atom is -0.492 e. The first-order chi connectivity index (χ1) is 16.7. The van der Waals surface area contributed by atoms with Crippen LogP contribution >= 0.6 is 0 Å². The number of hydrogen-bond donors (Lipinski definition) is 2. The summed E-state index contributed by atoms with van der Waals surface area (Å²) in [5.74, 6) is -2.76. The number of amides is 1. The van der Waals surface area contributed by atoms with Gasteiger partial charge in [0.05, 0.1) is 24.3 Å². The van der Waals surface area contributed by atoms with Gasteiger partial charge >= 0.3 is 5.97 Å². The molecule has 0 saturated carbocycles. The highest BCUT2D eigenvalue weighted by Crippen LogP contribution is 2.30. The van der Waals surface area contributed by atoms with Crippen LogP contribution in [0.2, 0.25) is 0 Å². The number of aliphatic carboxylic acids is 1. The number of carbonyl (C=O) groups excluding carboxylic acids is 2. The Labute approximate surface area is 203 Å². The highest BCUT2D eigenvalue weighted by molar-refractivity contribution is 7.91. The summed E-state index contributed by atoms with van der Waals surface area (Å²) in [5.41, 5.74) is 2.20. The van der Waals surface area contributed by atoms with E-state index in [2.05, 4.69) is 10.3 Å².